The number of ether oxygens (including phenoxy) is 3. The number of benzene rings is 2. The van der Waals surface area contributed by atoms with Gasteiger partial charge in [0.25, 0.3) is 0 Å². The van der Waals surface area contributed by atoms with Gasteiger partial charge >= 0.3 is 5.97 Å². The minimum Gasteiger partial charge on any atom is -0.493 e. The van der Waals surface area contributed by atoms with Crippen LogP contribution in [0.25, 0.3) is 0 Å². The van der Waals surface area contributed by atoms with Crippen LogP contribution < -0.4 is 14.2 Å². The number of halogens is 1. The number of carboxylic acid groups (broad SMARTS) is 1. The van der Waals surface area contributed by atoms with Gasteiger partial charge in [-0.25, -0.2) is 9.18 Å². The number of aliphatic carboxylic acids is 1. The first-order valence-corrected chi connectivity index (χ1v) is 10.3. The second-order valence-electron chi connectivity index (χ2n) is 8.73. The van der Waals surface area contributed by atoms with Crippen LogP contribution in [-0.4, -0.2) is 55.0 Å². The molecule has 0 amide bonds. The van der Waals surface area contributed by atoms with Crippen LogP contribution in [0.2, 0.25) is 0 Å². The second-order valence-corrected chi connectivity index (χ2v) is 8.73. The van der Waals surface area contributed by atoms with Crippen LogP contribution in [0.3, 0.4) is 0 Å². The Labute approximate surface area is 191 Å². The van der Waals surface area contributed by atoms with Crippen molar-refractivity contribution in [2.24, 2.45) is 0 Å². The van der Waals surface area contributed by atoms with Crippen molar-refractivity contribution in [2.75, 3.05) is 27.4 Å². The highest BCUT2D eigenvalue weighted by molar-refractivity contribution is 6.06. The predicted molar refractivity (Wildman–Crippen MR) is 119 cm³/mol. The lowest BCUT2D eigenvalue weighted by molar-refractivity contribution is -0.139. The van der Waals surface area contributed by atoms with Crippen molar-refractivity contribution >= 4 is 17.6 Å². The van der Waals surface area contributed by atoms with Gasteiger partial charge in [0.05, 0.1) is 26.3 Å². The molecule has 9 heteroatoms. The Bertz CT molecular complexity index is 1120. The number of hydrogen-bond donors (Lipinski definition) is 2. The fourth-order valence-corrected chi connectivity index (χ4v) is 3.78. The SMILES string of the molecule is COc1cc2c(c(F)c1OC)C(=N)N(CC(=O)c1ccc(OCC(=O)O)c(C(C)(C)C)c1)C2. The molecule has 3 rings (SSSR count). The number of fused-ring (bicyclic) bond motifs is 1. The summed E-state index contributed by atoms with van der Waals surface area (Å²) in [7, 11) is 2.73. The molecular weight excluding hydrogens is 431 g/mol. The molecule has 33 heavy (non-hydrogen) atoms. The maximum Gasteiger partial charge on any atom is 0.341 e. The monoisotopic (exact) mass is 458 g/mol. The average Bonchev–Trinajstić information content (AvgIpc) is 3.06. The van der Waals surface area contributed by atoms with E-state index < -0.39 is 23.8 Å². The van der Waals surface area contributed by atoms with Crippen LogP contribution in [0.5, 0.6) is 17.2 Å². The number of ketones is 1. The summed E-state index contributed by atoms with van der Waals surface area (Å²) in [5.74, 6) is -1.62. The Kier molecular flexibility index (Phi) is 6.62. The maximum absolute atomic E-state index is 15.0. The topological polar surface area (TPSA) is 109 Å². The zero-order valence-corrected chi connectivity index (χ0v) is 19.2. The van der Waals surface area contributed by atoms with E-state index in [1.165, 1.54) is 19.1 Å². The van der Waals surface area contributed by atoms with Crippen LogP contribution >= 0.6 is 0 Å². The van der Waals surface area contributed by atoms with E-state index in [1.54, 1.807) is 24.3 Å². The lowest BCUT2D eigenvalue weighted by atomic mass is 9.85. The van der Waals surface area contributed by atoms with E-state index in [1.807, 2.05) is 20.8 Å². The standard InChI is InChI=1S/C24H27FN2O6/c1-24(2,3)15-8-13(6-7-17(15)33-12-19(29)30)16(28)11-27-10-14-9-18(31-4)22(32-5)21(25)20(14)23(27)26/h6-9,26H,10-12H2,1-5H3,(H,29,30). The van der Waals surface area contributed by atoms with Crippen LogP contribution in [0.15, 0.2) is 24.3 Å². The van der Waals surface area contributed by atoms with Crippen molar-refractivity contribution in [2.45, 2.75) is 32.7 Å². The third kappa shape index (κ3) is 4.76. The number of carboxylic acids is 1. The van der Waals surface area contributed by atoms with Gasteiger partial charge in [0.1, 0.15) is 11.6 Å². The van der Waals surface area contributed by atoms with Gasteiger partial charge in [0.15, 0.2) is 29.7 Å². The molecule has 0 saturated carbocycles. The second kappa shape index (κ2) is 9.09. The minimum atomic E-state index is -1.09. The van der Waals surface area contributed by atoms with E-state index in [9.17, 15) is 14.0 Å². The van der Waals surface area contributed by atoms with Gasteiger partial charge in [-0.15, -0.1) is 0 Å². The van der Waals surface area contributed by atoms with Gasteiger partial charge in [0, 0.05) is 17.7 Å². The molecule has 0 fully saturated rings. The van der Waals surface area contributed by atoms with E-state index in [-0.39, 0.29) is 41.8 Å². The number of nitrogens with one attached hydrogen (secondary N) is 1. The van der Waals surface area contributed by atoms with Crippen molar-refractivity contribution in [3.05, 3.63) is 52.3 Å². The van der Waals surface area contributed by atoms with Crippen LogP contribution in [0.4, 0.5) is 4.39 Å². The normalized spacial score (nSPS) is 13.0. The molecule has 0 saturated heterocycles. The van der Waals surface area contributed by atoms with Crippen molar-refractivity contribution in [3.63, 3.8) is 0 Å². The number of rotatable bonds is 8. The summed E-state index contributed by atoms with van der Waals surface area (Å²) in [5.41, 5.74) is 1.30. The number of hydrogen-bond acceptors (Lipinski definition) is 6. The molecule has 0 bridgehead atoms. The van der Waals surface area contributed by atoms with E-state index >= 15 is 0 Å². The minimum absolute atomic E-state index is 0.0825. The molecule has 0 aromatic heterocycles. The summed E-state index contributed by atoms with van der Waals surface area (Å²) < 4.78 is 30.6. The molecule has 0 atom stereocenters. The van der Waals surface area contributed by atoms with Gasteiger partial charge < -0.3 is 24.2 Å². The Balaban J connectivity index is 1.86. The number of carbonyl (C=O) groups is 2. The molecule has 2 aromatic carbocycles. The molecule has 1 aliphatic rings. The zero-order chi connectivity index (χ0) is 24.5. The summed E-state index contributed by atoms with van der Waals surface area (Å²) in [6.07, 6.45) is 0. The van der Waals surface area contributed by atoms with Crippen molar-refractivity contribution in [3.8, 4) is 17.2 Å². The van der Waals surface area contributed by atoms with E-state index in [4.69, 9.17) is 24.7 Å². The third-order valence-corrected chi connectivity index (χ3v) is 5.40. The third-order valence-electron chi connectivity index (χ3n) is 5.40. The summed E-state index contributed by atoms with van der Waals surface area (Å²) in [4.78, 5) is 25.4. The average molecular weight is 458 g/mol. The van der Waals surface area contributed by atoms with Gasteiger partial charge in [-0.1, -0.05) is 20.8 Å². The highest BCUT2D eigenvalue weighted by Crippen LogP contribution is 2.38. The fraction of sp³-hybridized carbons (Fsp3) is 0.375. The van der Waals surface area contributed by atoms with Crippen LogP contribution in [-0.2, 0) is 16.8 Å². The highest BCUT2D eigenvalue weighted by Gasteiger charge is 2.33. The number of nitrogens with zero attached hydrogens (tertiary/aromatic N) is 1. The number of carbonyl (C=O) groups excluding carboxylic acids is 1. The summed E-state index contributed by atoms with van der Waals surface area (Å²) in [6.45, 7) is 5.36. The van der Waals surface area contributed by atoms with Crippen LogP contribution in [0.1, 0.15) is 47.8 Å². The number of methoxy groups -OCH3 is 2. The first-order chi connectivity index (χ1) is 15.5. The zero-order valence-electron chi connectivity index (χ0n) is 19.2. The molecule has 0 unspecified atom stereocenters. The highest BCUT2D eigenvalue weighted by atomic mass is 19.1. The smallest absolute Gasteiger partial charge is 0.341 e. The molecule has 8 nitrogen and oxygen atoms in total. The Morgan fingerprint density at radius 3 is 2.42 bits per heavy atom. The first-order valence-electron chi connectivity index (χ1n) is 10.3. The van der Waals surface area contributed by atoms with Crippen molar-refractivity contribution in [1.29, 1.82) is 5.41 Å². The number of Topliss-reactive ketones (excluding diaryl/α,β-unsaturated/α-hetero) is 1. The molecule has 1 heterocycles. The van der Waals surface area contributed by atoms with E-state index in [2.05, 4.69) is 0 Å². The first kappa shape index (κ1) is 24.0. The van der Waals surface area contributed by atoms with Gasteiger partial charge in [-0.05, 0) is 35.2 Å². The molecule has 0 aliphatic carbocycles. The van der Waals surface area contributed by atoms with Gasteiger partial charge in [-0.3, -0.25) is 10.2 Å². The Morgan fingerprint density at radius 2 is 1.85 bits per heavy atom. The summed E-state index contributed by atoms with van der Waals surface area (Å²) >= 11 is 0. The molecular formula is C24H27FN2O6. The summed E-state index contributed by atoms with van der Waals surface area (Å²) in [6, 6.07) is 6.44. The number of amidine groups is 1. The van der Waals surface area contributed by atoms with Crippen LogP contribution in [0, 0.1) is 11.2 Å². The lowest BCUT2D eigenvalue weighted by Gasteiger charge is -2.24. The molecule has 176 valence electrons. The van der Waals surface area contributed by atoms with E-state index in [0.717, 1.165) is 0 Å². The van der Waals surface area contributed by atoms with Crippen molar-refractivity contribution < 1.29 is 33.3 Å². The van der Waals surface area contributed by atoms with E-state index in [0.29, 0.717) is 22.4 Å². The lowest BCUT2D eigenvalue weighted by Crippen LogP contribution is -2.30. The fourth-order valence-electron chi connectivity index (χ4n) is 3.78. The quantitative estimate of drug-likeness (QED) is 0.582. The Morgan fingerprint density at radius 1 is 1.15 bits per heavy atom. The molecule has 0 spiro atoms. The molecule has 1 aliphatic heterocycles. The predicted octanol–water partition coefficient (Wildman–Crippen LogP) is 3.63. The van der Waals surface area contributed by atoms with Crippen molar-refractivity contribution in [1.82, 2.24) is 4.90 Å². The van der Waals surface area contributed by atoms with Gasteiger partial charge in [0.2, 0.25) is 0 Å². The molecule has 0 radical (unpaired) electrons. The molecule has 2 N–H and O–H groups in total. The Hall–Kier alpha value is -3.62. The summed E-state index contributed by atoms with van der Waals surface area (Å²) in [5, 5.41) is 17.3. The molecule has 2 aromatic rings. The van der Waals surface area contributed by atoms with Gasteiger partial charge in [-0.2, -0.15) is 0 Å². The largest absolute Gasteiger partial charge is 0.493 e. The maximum atomic E-state index is 15.0.